The quantitative estimate of drug-likeness (QED) is 0.561. The van der Waals surface area contributed by atoms with E-state index in [1.165, 1.54) is 22.6 Å². The molecule has 1 rings (SSSR count). The number of carbonyl (C=O) groups is 1. The van der Waals surface area contributed by atoms with Crippen molar-refractivity contribution in [2.24, 2.45) is 0 Å². The van der Waals surface area contributed by atoms with Crippen molar-refractivity contribution in [1.29, 1.82) is 0 Å². The summed E-state index contributed by atoms with van der Waals surface area (Å²) in [4.78, 5) is 11.5. The number of rotatable bonds is 2. The fourth-order valence-corrected chi connectivity index (χ4v) is 1.32. The Balaban J connectivity index is 2.75. The maximum atomic E-state index is 11.5. The topological polar surface area (TPSA) is 67.2 Å². The van der Waals surface area contributed by atoms with Crippen LogP contribution in [0, 0.1) is 0 Å². The van der Waals surface area contributed by atoms with Crippen molar-refractivity contribution in [2.45, 2.75) is 26.4 Å². The lowest BCUT2D eigenvalue weighted by Crippen LogP contribution is -2.24. The Hall–Kier alpha value is -1.01. The van der Waals surface area contributed by atoms with Gasteiger partial charge >= 0.3 is 5.97 Å². The minimum absolute atomic E-state index is 0.167. The molecule has 0 aliphatic rings. The Bertz CT molecular complexity index is 354. The zero-order chi connectivity index (χ0) is 11.6. The van der Waals surface area contributed by atoms with Crippen LogP contribution in [0.3, 0.4) is 0 Å². The van der Waals surface area contributed by atoms with Gasteiger partial charge in [0.25, 0.3) is 0 Å². The third-order valence-corrected chi connectivity index (χ3v) is 2.17. The highest BCUT2D eigenvalue weighted by Gasteiger charge is 2.20. The number of aromatic nitrogens is 2. The van der Waals surface area contributed by atoms with E-state index >= 15 is 0 Å². The summed E-state index contributed by atoms with van der Waals surface area (Å²) in [6, 6.07) is 1.48. The summed E-state index contributed by atoms with van der Waals surface area (Å²) in [5.41, 5.74) is -0.383. The van der Waals surface area contributed by atoms with Crippen molar-refractivity contribution in [3.05, 3.63) is 18.0 Å². The van der Waals surface area contributed by atoms with Crippen LogP contribution in [0.2, 0.25) is 0 Å². The van der Waals surface area contributed by atoms with Crippen LogP contribution in [0.25, 0.3) is 0 Å². The SMILES string of the molecule is C[S+]([O-])n1ccc(C(=O)OC(C)(C)C)n1. The molecule has 1 aromatic heterocycles. The van der Waals surface area contributed by atoms with Gasteiger partial charge in [0.1, 0.15) is 11.9 Å². The largest absolute Gasteiger partial charge is 0.592 e. The Morgan fingerprint density at radius 3 is 2.60 bits per heavy atom. The van der Waals surface area contributed by atoms with Crippen molar-refractivity contribution in [1.82, 2.24) is 9.19 Å². The molecule has 0 saturated carbocycles. The van der Waals surface area contributed by atoms with Gasteiger partial charge in [-0.15, -0.1) is 5.10 Å². The van der Waals surface area contributed by atoms with Crippen molar-refractivity contribution < 1.29 is 14.1 Å². The summed E-state index contributed by atoms with van der Waals surface area (Å²) in [7, 11) is 0. The van der Waals surface area contributed by atoms with Crippen LogP contribution >= 0.6 is 0 Å². The molecule has 84 valence electrons. The predicted molar refractivity (Wildman–Crippen MR) is 56.9 cm³/mol. The number of carbonyl (C=O) groups excluding carboxylic acids is 1. The summed E-state index contributed by atoms with van der Waals surface area (Å²) in [5.74, 6) is -0.508. The van der Waals surface area contributed by atoms with E-state index in [1.54, 1.807) is 20.8 Å². The van der Waals surface area contributed by atoms with E-state index in [1.807, 2.05) is 0 Å². The second kappa shape index (κ2) is 4.24. The van der Waals surface area contributed by atoms with E-state index in [-0.39, 0.29) is 5.69 Å². The highest BCUT2D eigenvalue weighted by molar-refractivity contribution is 7.89. The van der Waals surface area contributed by atoms with Gasteiger partial charge in [-0.05, 0) is 26.8 Å². The summed E-state index contributed by atoms with van der Waals surface area (Å²) >= 11 is -1.25. The molecule has 0 aliphatic heterocycles. The van der Waals surface area contributed by atoms with Crippen LogP contribution in [-0.4, -0.2) is 31.6 Å². The van der Waals surface area contributed by atoms with Gasteiger partial charge in [0.15, 0.2) is 5.69 Å². The molecule has 1 atom stereocenters. The Labute approximate surface area is 91.7 Å². The first-order chi connectivity index (χ1) is 6.79. The van der Waals surface area contributed by atoms with Gasteiger partial charge in [-0.2, -0.15) is 0 Å². The monoisotopic (exact) mass is 230 g/mol. The van der Waals surface area contributed by atoms with Gasteiger partial charge in [-0.1, -0.05) is 4.09 Å². The van der Waals surface area contributed by atoms with Gasteiger partial charge in [0, 0.05) is 0 Å². The molecule has 0 aromatic carbocycles. The van der Waals surface area contributed by atoms with Crippen molar-refractivity contribution >= 4 is 17.3 Å². The number of nitrogens with zero attached hydrogens (tertiary/aromatic N) is 2. The smallest absolute Gasteiger partial charge is 0.359 e. The van der Waals surface area contributed by atoms with Crippen LogP contribution < -0.4 is 0 Å². The van der Waals surface area contributed by atoms with Crippen LogP contribution in [-0.2, 0) is 16.1 Å². The number of hydrogen-bond acceptors (Lipinski definition) is 4. The average molecular weight is 230 g/mol. The van der Waals surface area contributed by atoms with E-state index < -0.39 is 22.9 Å². The van der Waals surface area contributed by atoms with Crippen LogP contribution in [0.4, 0.5) is 0 Å². The Kier molecular flexibility index (Phi) is 3.41. The number of hydrogen-bond donors (Lipinski definition) is 0. The summed E-state index contributed by atoms with van der Waals surface area (Å²) in [6.45, 7) is 5.33. The molecule has 0 saturated heterocycles. The second-order valence-corrected chi connectivity index (χ2v) is 5.25. The molecule has 0 N–H and O–H groups in total. The van der Waals surface area contributed by atoms with Crippen LogP contribution in [0.1, 0.15) is 31.3 Å². The first-order valence-corrected chi connectivity index (χ1v) is 5.94. The van der Waals surface area contributed by atoms with Crippen molar-refractivity contribution in [2.75, 3.05) is 6.26 Å². The summed E-state index contributed by atoms with van der Waals surface area (Å²) in [6.07, 6.45) is 2.96. The van der Waals surface area contributed by atoms with Gasteiger partial charge < -0.3 is 9.29 Å². The number of esters is 1. The minimum Gasteiger partial charge on any atom is -0.592 e. The lowest BCUT2D eigenvalue weighted by Gasteiger charge is -2.18. The first-order valence-electron chi connectivity index (χ1n) is 4.42. The number of ether oxygens (including phenoxy) is 1. The van der Waals surface area contributed by atoms with E-state index in [0.29, 0.717) is 0 Å². The second-order valence-electron chi connectivity index (χ2n) is 4.03. The molecule has 0 radical (unpaired) electrons. The first kappa shape index (κ1) is 12.1. The van der Waals surface area contributed by atoms with E-state index in [4.69, 9.17) is 4.74 Å². The molecule has 0 aliphatic carbocycles. The predicted octanol–water partition coefficient (Wildman–Crippen LogP) is 0.980. The molecule has 0 bridgehead atoms. The maximum Gasteiger partial charge on any atom is 0.359 e. The molecule has 0 amide bonds. The maximum absolute atomic E-state index is 11.5. The molecule has 1 aromatic rings. The summed E-state index contributed by atoms with van der Waals surface area (Å²) in [5, 5.41) is 3.84. The fourth-order valence-electron chi connectivity index (χ4n) is 0.890. The molecule has 1 heterocycles. The van der Waals surface area contributed by atoms with Gasteiger partial charge in [0.2, 0.25) is 0 Å². The average Bonchev–Trinajstić information content (AvgIpc) is 2.47. The fraction of sp³-hybridized carbons (Fsp3) is 0.556. The third kappa shape index (κ3) is 3.56. The van der Waals surface area contributed by atoms with Gasteiger partial charge in [0.05, 0.1) is 17.6 Å². The zero-order valence-corrected chi connectivity index (χ0v) is 10.00. The van der Waals surface area contributed by atoms with E-state index in [2.05, 4.69) is 5.10 Å². The molecule has 0 fully saturated rings. The lowest BCUT2D eigenvalue weighted by atomic mass is 10.2. The Morgan fingerprint density at radius 1 is 1.60 bits per heavy atom. The molecule has 0 spiro atoms. The molecular weight excluding hydrogens is 216 g/mol. The highest BCUT2D eigenvalue weighted by atomic mass is 32.2. The molecular formula is C9H14N2O3S. The van der Waals surface area contributed by atoms with Crippen LogP contribution in [0.5, 0.6) is 0 Å². The standard InChI is InChI=1S/C9H14N2O3S/c1-9(2,3)14-8(12)7-5-6-11(10-7)15(4)13/h5-6H,1-4H3. The molecule has 1 unspecified atom stereocenters. The highest BCUT2D eigenvalue weighted by Crippen LogP contribution is 2.10. The third-order valence-electron chi connectivity index (χ3n) is 1.44. The Morgan fingerprint density at radius 2 is 2.20 bits per heavy atom. The molecule has 6 heteroatoms. The lowest BCUT2D eigenvalue weighted by molar-refractivity contribution is 0.00626. The molecule has 15 heavy (non-hydrogen) atoms. The van der Waals surface area contributed by atoms with Crippen molar-refractivity contribution in [3.8, 4) is 0 Å². The van der Waals surface area contributed by atoms with Gasteiger partial charge in [-0.25, -0.2) is 4.79 Å². The van der Waals surface area contributed by atoms with Crippen LogP contribution in [0.15, 0.2) is 12.3 Å². The minimum atomic E-state index is -1.25. The molecule has 5 nitrogen and oxygen atoms in total. The van der Waals surface area contributed by atoms with E-state index in [0.717, 1.165) is 0 Å². The van der Waals surface area contributed by atoms with Gasteiger partial charge in [-0.3, -0.25) is 0 Å². The normalized spacial score (nSPS) is 13.7. The zero-order valence-electron chi connectivity index (χ0n) is 9.18. The van der Waals surface area contributed by atoms with E-state index in [9.17, 15) is 9.35 Å². The van der Waals surface area contributed by atoms with Crippen molar-refractivity contribution in [3.63, 3.8) is 0 Å². The summed E-state index contributed by atoms with van der Waals surface area (Å²) < 4.78 is 17.3.